The molecular weight excluding hydrogens is 667 g/mol. The lowest BCUT2D eigenvalue weighted by Crippen LogP contribution is -2.00. The number of ether oxygens (including phenoxy) is 1. The van der Waals surface area contributed by atoms with Crippen molar-refractivity contribution < 1.29 is 4.74 Å². The van der Waals surface area contributed by atoms with E-state index in [0.29, 0.717) is 22.2 Å². The van der Waals surface area contributed by atoms with Crippen LogP contribution in [0.1, 0.15) is 16.7 Å². The number of halogens is 4. The summed E-state index contributed by atoms with van der Waals surface area (Å²) in [5, 5.41) is 12.9. The molecule has 158 valence electrons. The van der Waals surface area contributed by atoms with E-state index in [-0.39, 0.29) is 0 Å². The molecule has 0 unspecified atom stereocenters. The molecule has 0 aromatic heterocycles. The third kappa shape index (κ3) is 5.23. The fraction of sp³-hybridized carbons (Fsp3) is 0.0385. The fourth-order valence-corrected chi connectivity index (χ4v) is 5.81. The monoisotopic (exact) mass is 681 g/mol. The molecule has 0 aliphatic rings. The first-order valence-corrected chi connectivity index (χ1v) is 12.5. The maximum absolute atomic E-state index is 9.67. The summed E-state index contributed by atoms with van der Waals surface area (Å²) < 4.78 is 8.19. The predicted octanol–water partition coefficient (Wildman–Crippen LogP) is 9.00. The number of hydrogen-bond acceptors (Lipinski definition) is 2. The van der Waals surface area contributed by atoms with Gasteiger partial charge in [-0.25, -0.2) is 0 Å². The fourth-order valence-electron chi connectivity index (χ4n) is 3.38. The van der Waals surface area contributed by atoms with E-state index >= 15 is 0 Å². The lowest BCUT2D eigenvalue weighted by atomic mass is 10.0. The third-order valence-corrected chi connectivity index (χ3v) is 7.28. The summed E-state index contributed by atoms with van der Waals surface area (Å²) in [5.74, 6) is 0.837. The average Bonchev–Trinajstić information content (AvgIpc) is 2.79. The maximum atomic E-state index is 9.67. The molecule has 0 spiro atoms. The van der Waals surface area contributed by atoms with Crippen LogP contribution in [0.25, 0.3) is 22.4 Å². The van der Waals surface area contributed by atoms with Crippen molar-refractivity contribution in [3.8, 4) is 11.8 Å². The van der Waals surface area contributed by atoms with E-state index in [2.05, 4.69) is 81.6 Å². The summed E-state index contributed by atoms with van der Waals surface area (Å²) >= 11 is 16.7. The molecule has 0 bridgehead atoms. The van der Waals surface area contributed by atoms with E-state index in [1.807, 2.05) is 30.3 Å². The van der Waals surface area contributed by atoms with Gasteiger partial charge in [0.25, 0.3) is 0 Å². The Balaban J connectivity index is 1.61. The Morgan fingerprint density at radius 1 is 0.906 bits per heavy atom. The van der Waals surface area contributed by atoms with Crippen molar-refractivity contribution in [3.05, 3.63) is 107 Å². The van der Waals surface area contributed by atoms with Gasteiger partial charge in [-0.15, -0.1) is 0 Å². The van der Waals surface area contributed by atoms with Crippen LogP contribution in [0.4, 0.5) is 0 Å². The van der Waals surface area contributed by atoms with E-state index in [9.17, 15) is 5.26 Å². The molecule has 4 aromatic rings. The summed E-state index contributed by atoms with van der Waals surface area (Å²) in [6.07, 6.45) is 1.85. The van der Waals surface area contributed by atoms with E-state index < -0.39 is 0 Å². The largest absolute Gasteiger partial charge is 0.487 e. The molecule has 0 radical (unpaired) electrons. The average molecular weight is 682 g/mol. The van der Waals surface area contributed by atoms with Gasteiger partial charge in [0, 0.05) is 0 Å². The molecule has 0 aliphatic carbocycles. The Morgan fingerprint density at radius 2 is 1.62 bits per heavy atom. The molecule has 0 amide bonds. The molecule has 0 aliphatic heterocycles. The van der Waals surface area contributed by atoms with Crippen LogP contribution >= 0.6 is 68.4 Å². The standard InChI is InChI=1S/C26H15Cl2I2NO/c27-22-9-8-18(13-23(22)28)20(14-31)10-16-11-24(29)26(25(30)12-16)32-15-19-6-3-5-17-4-1-2-7-21(17)19/h1-13H,15H2/b20-10-. The van der Waals surface area contributed by atoms with Gasteiger partial charge in [0.05, 0.1) is 28.8 Å². The van der Waals surface area contributed by atoms with Crippen molar-refractivity contribution in [2.24, 2.45) is 0 Å². The van der Waals surface area contributed by atoms with Crippen LogP contribution in [0.2, 0.25) is 10.0 Å². The number of benzene rings is 4. The lowest BCUT2D eigenvalue weighted by Gasteiger charge is -2.13. The summed E-state index contributed by atoms with van der Waals surface area (Å²) in [4.78, 5) is 0. The highest BCUT2D eigenvalue weighted by Gasteiger charge is 2.11. The Morgan fingerprint density at radius 3 is 2.34 bits per heavy atom. The van der Waals surface area contributed by atoms with Gasteiger partial charge in [-0.2, -0.15) is 5.26 Å². The van der Waals surface area contributed by atoms with Crippen LogP contribution in [0.15, 0.2) is 72.8 Å². The molecule has 4 rings (SSSR count). The summed E-state index contributed by atoms with van der Waals surface area (Å²) in [7, 11) is 0. The predicted molar refractivity (Wildman–Crippen MR) is 150 cm³/mol. The minimum absolute atomic E-state index is 0.423. The van der Waals surface area contributed by atoms with Crippen molar-refractivity contribution in [1.29, 1.82) is 5.26 Å². The highest BCUT2D eigenvalue weighted by molar-refractivity contribution is 14.1. The number of allylic oxidation sites excluding steroid dienone is 1. The Labute approximate surface area is 224 Å². The topological polar surface area (TPSA) is 33.0 Å². The van der Waals surface area contributed by atoms with Gasteiger partial charge in [0.2, 0.25) is 0 Å². The zero-order chi connectivity index (χ0) is 22.7. The Bertz CT molecular complexity index is 1360. The van der Waals surface area contributed by atoms with Crippen molar-refractivity contribution in [3.63, 3.8) is 0 Å². The minimum atomic E-state index is 0.423. The number of nitrogens with zero attached hydrogens (tertiary/aromatic N) is 1. The van der Waals surface area contributed by atoms with Gasteiger partial charge >= 0.3 is 0 Å². The second-order valence-electron chi connectivity index (χ2n) is 7.04. The van der Waals surface area contributed by atoms with Crippen LogP contribution in [-0.4, -0.2) is 0 Å². The van der Waals surface area contributed by atoms with Crippen LogP contribution < -0.4 is 4.74 Å². The lowest BCUT2D eigenvalue weighted by molar-refractivity contribution is 0.303. The molecule has 0 atom stereocenters. The first-order valence-electron chi connectivity index (χ1n) is 9.62. The molecule has 0 heterocycles. The SMILES string of the molecule is N#C/C(=C/c1cc(I)c(OCc2cccc3ccccc23)c(I)c1)c1ccc(Cl)c(Cl)c1. The minimum Gasteiger partial charge on any atom is -0.487 e. The van der Waals surface area contributed by atoms with E-state index in [1.165, 1.54) is 10.8 Å². The highest BCUT2D eigenvalue weighted by atomic mass is 127. The number of rotatable bonds is 5. The number of fused-ring (bicyclic) bond motifs is 1. The van der Waals surface area contributed by atoms with Gasteiger partial charge in [-0.05, 0) is 103 Å². The molecule has 32 heavy (non-hydrogen) atoms. The Kier molecular flexibility index (Phi) is 7.62. The molecule has 0 fully saturated rings. The Hall–Kier alpha value is -1.79. The van der Waals surface area contributed by atoms with Crippen molar-refractivity contribution in [2.45, 2.75) is 6.61 Å². The molecule has 0 saturated heterocycles. The van der Waals surface area contributed by atoms with Gasteiger partial charge in [0.1, 0.15) is 12.4 Å². The van der Waals surface area contributed by atoms with Gasteiger partial charge < -0.3 is 4.74 Å². The van der Waals surface area contributed by atoms with Crippen molar-refractivity contribution in [2.75, 3.05) is 0 Å². The van der Waals surface area contributed by atoms with Gasteiger partial charge in [-0.1, -0.05) is 71.7 Å². The van der Waals surface area contributed by atoms with Crippen molar-refractivity contribution in [1.82, 2.24) is 0 Å². The zero-order valence-electron chi connectivity index (χ0n) is 16.6. The first kappa shape index (κ1) is 23.4. The number of hydrogen-bond donors (Lipinski definition) is 0. The summed E-state index contributed by atoms with van der Waals surface area (Å²) in [6.45, 7) is 0.481. The van der Waals surface area contributed by atoms with Gasteiger partial charge in [-0.3, -0.25) is 0 Å². The molecule has 2 nitrogen and oxygen atoms in total. The number of nitriles is 1. The maximum Gasteiger partial charge on any atom is 0.146 e. The van der Waals surface area contributed by atoms with Gasteiger partial charge in [0.15, 0.2) is 0 Å². The normalized spacial score (nSPS) is 11.4. The highest BCUT2D eigenvalue weighted by Crippen LogP contribution is 2.33. The van der Waals surface area contributed by atoms with Crippen LogP contribution in [0.5, 0.6) is 5.75 Å². The molecule has 0 N–H and O–H groups in total. The summed E-state index contributed by atoms with van der Waals surface area (Å²) in [6, 6.07) is 26.0. The van der Waals surface area contributed by atoms with E-state index in [4.69, 9.17) is 27.9 Å². The molecule has 4 aromatic carbocycles. The van der Waals surface area contributed by atoms with Crippen LogP contribution in [-0.2, 0) is 6.61 Å². The smallest absolute Gasteiger partial charge is 0.146 e. The second kappa shape index (κ2) is 10.4. The quantitative estimate of drug-likeness (QED) is 0.120. The zero-order valence-corrected chi connectivity index (χ0v) is 22.4. The molecule has 0 saturated carbocycles. The first-order chi connectivity index (χ1) is 15.5. The second-order valence-corrected chi connectivity index (χ2v) is 10.2. The summed E-state index contributed by atoms with van der Waals surface area (Å²) in [5.41, 5.74) is 3.30. The van der Waals surface area contributed by atoms with E-state index in [1.54, 1.807) is 18.2 Å². The molecular formula is C26H15Cl2I2NO. The van der Waals surface area contributed by atoms with E-state index in [0.717, 1.165) is 29.6 Å². The molecule has 6 heteroatoms. The van der Waals surface area contributed by atoms with Crippen molar-refractivity contribution >= 4 is 90.8 Å². The van der Waals surface area contributed by atoms with Crippen LogP contribution in [0.3, 0.4) is 0 Å². The van der Waals surface area contributed by atoms with Crippen LogP contribution in [0, 0.1) is 18.5 Å². The third-order valence-electron chi connectivity index (χ3n) is 4.93.